The fourth-order valence-corrected chi connectivity index (χ4v) is 7.59. The molecule has 2 heteroatoms. The van der Waals surface area contributed by atoms with Gasteiger partial charge in [0.15, 0.2) is 0 Å². The summed E-state index contributed by atoms with van der Waals surface area (Å²) in [5, 5.41) is 12.4. The van der Waals surface area contributed by atoms with E-state index < -0.39 is 0 Å². The van der Waals surface area contributed by atoms with E-state index in [0.29, 0.717) is 0 Å². The van der Waals surface area contributed by atoms with Crippen LogP contribution in [-0.4, -0.2) is 9.97 Å². The molecule has 0 saturated heterocycles. The Kier molecular flexibility index (Phi) is 5.91. The van der Waals surface area contributed by atoms with Crippen molar-refractivity contribution < 1.29 is 0 Å². The highest BCUT2D eigenvalue weighted by atomic mass is 14.8. The summed E-state index contributed by atoms with van der Waals surface area (Å²) in [4.78, 5) is 10.2. The van der Waals surface area contributed by atoms with Crippen molar-refractivity contribution in [3.05, 3.63) is 170 Å². The first-order valence-corrected chi connectivity index (χ1v) is 16.4. The van der Waals surface area contributed by atoms with E-state index >= 15 is 0 Å². The van der Waals surface area contributed by atoms with E-state index in [0.717, 1.165) is 38.6 Å². The Morgan fingerprint density at radius 3 is 1.23 bits per heavy atom. The van der Waals surface area contributed by atoms with E-state index in [9.17, 15) is 0 Å². The summed E-state index contributed by atoms with van der Waals surface area (Å²) >= 11 is 0. The van der Waals surface area contributed by atoms with Crippen LogP contribution < -0.4 is 0 Å². The zero-order valence-electron chi connectivity index (χ0n) is 26.1. The lowest BCUT2D eigenvalue weighted by Crippen LogP contribution is -1.92. The second kappa shape index (κ2) is 10.6. The first kappa shape index (κ1) is 26.8. The first-order chi connectivity index (χ1) is 23.8. The zero-order valence-corrected chi connectivity index (χ0v) is 26.1. The Labute approximate surface area is 277 Å². The zero-order chi connectivity index (χ0) is 31.6. The Balaban J connectivity index is 1.08. The molecule has 0 aliphatic rings. The molecule has 10 rings (SSSR count). The van der Waals surface area contributed by atoms with E-state index in [4.69, 9.17) is 9.97 Å². The average molecular weight is 609 g/mol. The maximum atomic E-state index is 5.24. The van der Waals surface area contributed by atoms with Gasteiger partial charge in [0.2, 0.25) is 0 Å². The molecular weight excluding hydrogens is 581 g/mol. The summed E-state index contributed by atoms with van der Waals surface area (Å²) in [7, 11) is 0. The monoisotopic (exact) mass is 608 g/mol. The molecule has 0 radical (unpaired) electrons. The largest absolute Gasteiger partial charge is 0.252 e. The first-order valence-electron chi connectivity index (χ1n) is 16.4. The summed E-state index contributed by atoms with van der Waals surface area (Å²) in [5.74, 6) is 0. The van der Waals surface area contributed by atoms with Gasteiger partial charge in [-0.1, -0.05) is 146 Å². The minimum atomic E-state index is 0.870. The number of nitrogens with zero attached hydrogens (tertiary/aromatic N) is 2. The lowest BCUT2D eigenvalue weighted by Gasteiger charge is -2.13. The van der Waals surface area contributed by atoms with Crippen LogP contribution in [0.1, 0.15) is 0 Å². The molecule has 0 aliphatic heterocycles. The standard InChI is InChI=1S/C46H28N2/c1-2-17-36-34(15-1)35-16-3-4-20-39(35)43-27-32(23-24-40(36)43)30-12-9-11-29(25-30)31-13-10-14-33(26-31)44-28-47-45-41-21-7-5-18-37(41)38-19-6-8-22-42(38)46(45)48-44/h1-28H. The minimum Gasteiger partial charge on any atom is -0.252 e. The van der Waals surface area contributed by atoms with Crippen molar-refractivity contribution in [2.75, 3.05) is 0 Å². The highest BCUT2D eigenvalue weighted by Gasteiger charge is 2.13. The highest BCUT2D eigenvalue weighted by molar-refractivity contribution is 6.26. The van der Waals surface area contributed by atoms with Gasteiger partial charge < -0.3 is 0 Å². The molecule has 0 amide bonds. The molecule has 10 aromatic rings. The van der Waals surface area contributed by atoms with Crippen molar-refractivity contribution in [3.63, 3.8) is 0 Å². The summed E-state index contributed by atoms with van der Waals surface area (Å²) in [6.45, 7) is 0. The maximum Gasteiger partial charge on any atom is 0.0979 e. The number of aromatic nitrogens is 2. The molecule has 0 bridgehead atoms. The minimum absolute atomic E-state index is 0.870. The molecule has 0 atom stereocenters. The molecule has 0 aliphatic carbocycles. The fourth-order valence-electron chi connectivity index (χ4n) is 7.59. The lowest BCUT2D eigenvalue weighted by molar-refractivity contribution is 1.31. The van der Waals surface area contributed by atoms with E-state index in [2.05, 4.69) is 164 Å². The van der Waals surface area contributed by atoms with E-state index in [1.54, 1.807) is 0 Å². The van der Waals surface area contributed by atoms with Gasteiger partial charge in [0, 0.05) is 16.3 Å². The van der Waals surface area contributed by atoms with Crippen molar-refractivity contribution in [3.8, 4) is 33.5 Å². The highest BCUT2D eigenvalue weighted by Crippen LogP contribution is 2.38. The van der Waals surface area contributed by atoms with Gasteiger partial charge in [0.1, 0.15) is 0 Å². The molecule has 0 fully saturated rings. The van der Waals surface area contributed by atoms with E-state index in [-0.39, 0.29) is 0 Å². The van der Waals surface area contributed by atoms with Gasteiger partial charge in [-0.15, -0.1) is 0 Å². The molecule has 1 aromatic heterocycles. The smallest absolute Gasteiger partial charge is 0.0979 e. The van der Waals surface area contributed by atoms with Crippen LogP contribution in [0.4, 0.5) is 0 Å². The topological polar surface area (TPSA) is 25.8 Å². The lowest BCUT2D eigenvalue weighted by atomic mass is 9.91. The third-order valence-electron chi connectivity index (χ3n) is 9.86. The number of benzene rings is 9. The van der Waals surface area contributed by atoms with Gasteiger partial charge >= 0.3 is 0 Å². The van der Waals surface area contributed by atoms with Crippen LogP contribution >= 0.6 is 0 Å². The maximum absolute atomic E-state index is 5.24. The Bertz CT molecular complexity index is 2630. The van der Waals surface area contributed by atoms with Crippen LogP contribution in [0.5, 0.6) is 0 Å². The number of fused-ring (bicyclic) bond motifs is 12. The SMILES string of the molecule is c1cc(-c2cccc(-c3cnc4c5ccccc5c5ccccc5c4n3)c2)cc(-c2ccc3c4ccccc4c4ccccc4c3c2)c1. The summed E-state index contributed by atoms with van der Waals surface area (Å²) in [5.41, 5.74) is 8.52. The average Bonchev–Trinajstić information content (AvgIpc) is 3.18. The molecule has 0 saturated carbocycles. The molecule has 9 aromatic carbocycles. The second-order valence-electron chi connectivity index (χ2n) is 12.6. The van der Waals surface area contributed by atoms with Crippen LogP contribution in [0.15, 0.2) is 170 Å². The number of rotatable bonds is 3. The van der Waals surface area contributed by atoms with Crippen molar-refractivity contribution in [2.24, 2.45) is 0 Å². The van der Waals surface area contributed by atoms with Gasteiger partial charge in [-0.25, -0.2) is 4.98 Å². The molecule has 48 heavy (non-hydrogen) atoms. The second-order valence-corrected chi connectivity index (χ2v) is 12.6. The quantitative estimate of drug-likeness (QED) is 0.187. The van der Waals surface area contributed by atoms with Gasteiger partial charge in [-0.05, 0) is 83.5 Å². The van der Waals surface area contributed by atoms with Gasteiger partial charge in [0.05, 0.1) is 22.9 Å². The van der Waals surface area contributed by atoms with Gasteiger partial charge in [-0.2, -0.15) is 0 Å². The molecule has 222 valence electrons. The predicted octanol–water partition coefficient (Wildman–Crippen LogP) is 12.4. The molecule has 0 N–H and O–H groups in total. The molecule has 2 nitrogen and oxygen atoms in total. The fraction of sp³-hybridized carbons (Fsp3) is 0. The predicted molar refractivity (Wildman–Crippen MR) is 203 cm³/mol. The van der Waals surface area contributed by atoms with Crippen LogP contribution in [0.2, 0.25) is 0 Å². The van der Waals surface area contributed by atoms with Crippen LogP contribution in [0, 0.1) is 0 Å². The van der Waals surface area contributed by atoms with Crippen molar-refractivity contribution in [2.45, 2.75) is 0 Å². The van der Waals surface area contributed by atoms with Gasteiger partial charge in [-0.3, -0.25) is 4.98 Å². The van der Waals surface area contributed by atoms with E-state index in [1.165, 1.54) is 59.8 Å². The molecule has 1 heterocycles. The Morgan fingerprint density at radius 1 is 0.271 bits per heavy atom. The van der Waals surface area contributed by atoms with Crippen molar-refractivity contribution >= 4 is 64.9 Å². The number of hydrogen-bond acceptors (Lipinski definition) is 2. The van der Waals surface area contributed by atoms with Crippen molar-refractivity contribution in [1.29, 1.82) is 0 Å². The summed E-state index contributed by atoms with van der Waals surface area (Å²) < 4.78 is 0. The Hall–Kier alpha value is -6.38. The van der Waals surface area contributed by atoms with Crippen LogP contribution in [0.3, 0.4) is 0 Å². The summed E-state index contributed by atoms with van der Waals surface area (Å²) in [6.07, 6.45) is 1.92. The van der Waals surface area contributed by atoms with Crippen molar-refractivity contribution in [1.82, 2.24) is 9.97 Å². The Morgan fingerprint density at radius 2 is 0.667 bits per heavy atom. The number of hydrogen-bond donors (Lipinski definition) is 0. The van der Waals surface area contributed by atoms with Gasteiger partial charge in [0.25, 0.3) is 0 Å². The van der Waals surface area contributed by atoms with Crippen LogP contribution in [0.25, 0.3) is 98.4 Å². The molecule has 0 spiro atoms. The molecular formula is C46H28N2. The normalized spacial score (nSPS) is 11.8. The third kappa shape index (κ3) is 4.13. The summed E-state index contributed by atoms with van der Waals surface area (Å²) in [6, 6.07) is 58.9. The molecule has 0 unspecified atom stereocenters. The van der Waals surface area contributed by atoms with Crippen LogP contribution in [-0.2, 0) is 0 Å². The third-order valence-corrected chi connectivity index (χ3v) is 9.86. The van der Waals surface area contributed by atoms with E-state index in [1.807, 2.05) is 6.20 Å².